The van der Waals surface area contributed by atoms with Crippen molar-refractivity contribution in [2.24, 2.45) is 5.92 Å². The minimum Gasteiger partial charge on any atom is -0.467 e. The largest absolute Gasteiger partial charge is 0.467 e. The summed E-state index contributed by atoms with van der Waals surface area (Å²) < 4.78 is 10.7. The summed E-state index contributed by atoms with van der Waals surface area (Å²) in [5.41, 5.74) is 0.930. The van der Waals surface area contributed by atoms with Crippen LogP contribution in [-0.2, 0) is 30.3 Å². The highest BCUT2D eigenvalue weighted by molar-refractivity contribution is 5.86. The van der Waals surface area contributed by atoms with Crippen molar-refractivity contribution >= 4 is 17.8 Å². The summed E-state index contributed by atoms with van der Waals surface area (Å²) in [5.74, 6) is -1.16. The Morgan fingerprint density at radius 1 is 1.12 bits per heavy atom. The maximum atomic E-state index is 13.1. The van der Waals surface area contributed by atoms with Crippen molar-refractivity contribution in [2.75, 3.05) is 20.8 Å². The van der Waals surface area contributed by atoms with E-state index in [4.69, 9.17) is 9.47 Å². The molecule has 1 aromatic rings. The molecule has 1 N–H and O–H groups in total. The van der Waals surface area contributed by atoms with E-state index in [0.717, 1.165) is 44.1 Å². The van der Waals surface area contributed by atoms with Crippen LogP contribution in [0.2, 0.25) is 0 Å². The molecule has 1 saturated heterocycles. The fraction of sp³-hybridized carbons (Fsp3) is 0.654. The van der Waals surface area contributed by atoms with E-state index in [9.17, 15) is 14.4 Å². The Hall–Kier alpha value is -2.41. The van der Waals surface area contributed by atoms with Crippen LogP contribution in [0.15, 0.2) is 30.3 Å². The molecule has 0 spiro atoms. The Morgan fingerprint density at radius 2 is 1.85 bits per heavy atom. The molecular weight excluding hydrogens is 420 g/mol. The van der Waals surface area contributed by atoms with Gasteiger partial charge < -0.3 is 19.7 Å². The number of carbonyl (C=O) groups is 3. The van der Waals surface area contributed by atoms with Gasteiger partial charge in [0.05, 0.1) is 25.2 Å². The van der Waals surface area contributed by atoms with E-state index in [2.05, 4.69) is 12.2 Å². The number of carbonyl (C=O) groups excluding carboxylic acids is 3. The molecule has 0 bridgehead atoms. The first kappa shape index (κ1) is 26.8. The minimum atomic E-state index is -0.787. The Bertz CT molecular complexity index is 754. The van der Waals surface area contributed by atoms with Crippen molar-refractivity contribution in [1.29, 1.82) is 0 Å². The fourth-order valence-corrected chi connectivity index (χ4v) is 4.62. The number of benzene rings is 1. The number of nitrogens with one attached hydrogen (secondary N) is 1. The zero-order valence-electron chi connectivity index (χ0n) is 20.5. The van der Waals surface area contributed by atoms with Crippen LogP contribution in [0.1, 0.15) is 64.4 Å². The molecule has 4 atom stereocenters. The highest BCUT2D eigenvalue weighted by atomic mass is 16.5. The lowest BCUT2D eigenvalue weighted by atomic mass is 9.94. The van der Waals surface area contributed by atoms with Gasteiger partial charge in [0.15, 0.2) is 0 Å². The van der Waals surface area contributed by atoms with Crippen molar-refractivity contribution < 1.29 is 23.9 Å². The Labute approximate surface area is 198 Å². The van der Waals surface area contributed by atoms with E-state index in [-0.39, 0.29) is 17.9 Å². The van der Waals surface area contributed by atoms with Crippen LogP contribution in [0.25, 0.3) is 0 Å². The molecule has 1 aliphatic heterocycles. The Kier molecular flexibility index (Phi) is 11.4. The van der Waals surface area contributed by atoms with E-state index in [1.165, 1.54) is 7.11 Å². The molecule has 1 fully saturated rings. The van der Waals surface area contributed by atoms with Crippen molar-refractivity contribution in [2.45, 2.75) is 83.4 Å². The van der Waals surface area contributed by atoms with E-state index in [0.29, 0.717) is 19.4 Å². The smallest absolute Gasteiger partial charge is 0.328 e. The number of rotatable bonds is 13. The van der Waals surface area contributed by atoms with Gasteiger partial charge in [-0.3, -0.25) is 9.59 Å². The number of amides is 2. The minimum absolute atomic E-state index is 0.139. The summed E-state index contributed by atoms with van der Waals surface area (Å²) in [6, 6.07) is 8.58. The number of esters is 1. The van der Waals surface area contributed by atoms with Gasteiger partial charge in [0.25, 0.3) is 0 Å². The maximum absolute atomic E-state index is 13.1. The summed E-state index contributed by atoms with van der Waals surface area (Å²) in [5, 5.41) is 2.85. The molecule has 7 nitrogen and oxygen atoms in total. The molecule has 1 heterocycles. The van der Waals surface area contributed by atoms with Crippen molar-refractivity contribution in [3.63, 3.8) is 0 Å². The van der Waals surface area contributed by atoms with Crippen LogP contribution in [-0.4, -0.2) is 61.6 Å². The first-order valence-electron chi connectivity index (χ1n) is 12.2. The van der Waals surface area contributed by atoms with Crippen LogP contribution in [0, 0.1) is 5.92 Å². The van der Waals surface area contributed by atoms with Crippen LogP contribution in [0.3, 0.4) is 0 Å². The van der Waals surface area contributed by atoms with Crippen LogP contribution in [0.5, 0.6) is 0 Å². The van der Waals surface area contributed by atoms with Gasteiger partial charge >= 0.3 is 5.97 Å². The van der Waals surface area contributed by atoms with Crippen LogP contribution < -0.4 is 5.32 Å². The highest BCUT2D eigenvalue weighted by Crippen LogP contribution is 2.27. The Morgan fingerprint density at radius 3 is 2.48 bits per heavy atom. The number of methoxy groups -OCH3 is 2. The van der Waals surface area contributed by atoms with Crippen molar-refractivity contribution in [3.8, 4) is 0 Å². The fourth-order valence-electron chi connectivity index (χ4n) is 4.62. The Balaban J connectivity index is 2.04. The lowest BCUT2D eigenvalue weighted by Crippen LogP contribution is -2.52. The van der Waals surface area contributed by atoms with Gasteiger partial charge in [0.1, 0.15) is 6.04 Å². The molecule has 0 unspecified atom stereocenters. The zero-order valence-corrected chi connectivity index (χ0v) is 20.5. The predicted molar refractivity (Wildman–Crippen MR) is 128 cm³/mol. The number of likely N-dealkylation sites (tertiary alicyclic amines) is 1. The highest BCUT2D eigenvalue weighted by Gasteiger charge is 2.40. The summed E-state index contributed by atoms with van der Waals surface area (Å²) in [6.07, 6.45) is 6.37. The van der Waals surface area contributed by atoms with E-state index < -0.39 is 24.0 Å². The number of hydrogen-bond acceptors (Lipinski definition) is 5. The molecule has 1 aromatic carbocycles. The lowest BCUT2D eigenvalue weighted by molar-refractivity contribution is -0.147. The molecule has 7 heteroatoms. The van der Waals surface area contributed by atoms with Gasteiger partial charge in [0.2, 0.25) is 11.8 Å². The monoisotopic (exact) mass is 460 g/mol. The number of unbranched alkanes of at least 4 members (excludes halogenated alkanes) is 3. The second-order valence-corrected chi connectivity index (χ2v) is 8.87. The maximum Gasteiger partial charge on any atom is 0.328 e. The van der Waals surface area contributed by atoms with Gasteiger partial charge in [-0.2, -0.15) is 0 Å². The molecule has 0 saturated carbocycles. The SMILES string of the molecule is CCCCCCC(=O)N1CCC[C@H]1[C@H](OC)[C@@H](C)C(=O)N[C@@H](Cc1ccccc1)C(=O)OC. The van der Waals surface area contributed by atoms with Gasteiger partial charge in [-0.25, -0.2) is 4.79 Å². The third-order valence-electron chi connectivity index (χ3n) is 6.51. The topological polar surface area (TPSA) is 84.9 Å². The van der Waals surface area contributed by atoms with Crippen LogP contribution in [0.4, 0.5) is 0 Å². The van der Waals surface area contributed by atoms with Crippen molar-refractivity contribution in [1.82, 2.24) is 10.2 Å². The third kappa shape index (κ3) is 7.84. The summed E-state index contributed by atoms with van der Waals surface area (Å²) >= 11 is 0. The lowest BCUT2D eigenvalue weighted by Gasteiger charge is -2.34. The second-order valence-electron chi connectivity index (χ2n) is 8.87. The van der Waals surface area contributed by atoms with Crippen LogP contribution >= 0.6 is 0 Å². The number of ether oxygens (including phenoxy) is 2. The summed E-state index contributed by atoms with van der Waals surface area (Å²) in [4.78, 5) is 40.2. The standard InChI is InChI=1S/C26H40N2O5/c1-5-6-7-11-16-23(29)28-17-12-15-22(28)24(32-3)19(2)25(30)27-21(26(31)33-4)18-20-13-9-8-10-14-20/h8-10,13-14,19,21-22,24H,5-7,11-12,15-18H2,1-4H3,(H,27,30)/t19-,21+,22+,24-/m1/s1. The first-order valence-corrected chi connectivity index (χ1v) is 12.2. The third-order valence-corrected chi connectivity index (χ3v) is 6.51. The number of hydrogen-bond donors (Lipinski definition) is 1. The predicted octanol–water partition coefficient (Wildman–Crippen LogP) is 3.50. The van der Waals surface area contributed by atoms with Gasteiger partial charge in [-0.1, -0.05) is 63.4 Å². The van der Waals surface area contributed by atoms with Crippen molar-refractivity contribution in [3.05, 3.63) is 35.9 Å². The molecule has 0 aliphatic carbocycles. The average molecular weight is 461 g/mol. The van der Waals surface area contributed by atoms with Gasteiger partial charge in [0, 0.05) is 26.5 Å². The molecule has 33 heavy (non-hydrogen) atoms. The van der Waals surface area contributed by atoms with E-state index >= 15 is 0 Å². The second kappa shape index (κ2) is 14.0. The molecule has 0 radical (unpaired) electrons. The van der Waals surface area contributed by atoms with Gasteiger partial charge in [-0.05, 0) is 24.8 Å². The van der Waals surface area contributed by atoms with E-state index in [1.807, 2.05) is 35.2 Å². The molecule has 1 aliphatic rings. The first-order chi connectivity index (χ1) is 15.9. The average Bonchev–Trinajstić information content (AvgIpc) is 3.31. The number of nitrogens with zero attached hydrogens (tertiary/aromatic N) is 1. The molecule has 2 rings (SSSR count). The molecule has 2 amide bonds. The quantitative estimate of drug-likeness (QED) is 0.360. The van der Waals surface area contributed by atoms with E-state index in [1.54, 1.807) is 14.0 Å². The molecular formula is C26H40N2O5. The normalized spacial score (nSPS) is 18.4. The zero-order chi connectivity index (χ0) is 24.2. The summed E-state index contributed by atoms with van der Waals surface area (Å²) in [7, 11) is 2.90. The molecule has 0 aromatic heterocycles. The summed E-state index contributed by atoms with van der Waals surface area (Å²) in [6.45, 7) is 4.64. The van der Waals surface area contributed by atoms with Gasteiger partial charge in [-0.15, -0.1) is 0 Å². The molecule has 184 valence electrons.